The van der Waals surface area contributed by atoms with Crippen LogP contribution in [0.2, 0.25) is 5.02 Å². The van der Waals surface area contributed by atoms with Gasteiger partial charge in [0.05, 0.1) is 12.1 Å². The van der Waals surface area contributed by atoms with Gasteiger partial charge in [0.15, 0.2) is 0 Å². The Hall–Kier alpha value is -1.51. The van der Waals surface area contributed by atoms with Crippen LogP contribution in [-0.2, 0) is 0 Å². The predicted octanol–water partition coefficient (Wildman–Crippen LogP) is 4.44. The Kier molecular flexibility index (Phi) is 5.05. The minimum absolute atomic E-state index is 0.128. The van der Waals surface area contributed by atoms with Gasteiger partial charge in [0.1, 0.15) is 5.75 Å². The van der Waals surface area contributed by atoms with E-state index in [2.05, 4.69) is 17.4 Å². The van der Waals surface area contributed by atoms with Gasteiger partial charge in [-0.3, -0.25) is 0 Å². The van der Waals surface area contributed by atoms with Crippen LogP contribution < -0.4 is 10.1 Å². The highest BCUT2D eigenvalue weighted by atomic mass is 35.5. The molecule has 3 heteroatoms. The Morgan fingerprint density at radius 3 is 2.30 bits per heavy atom. The van der Waals surface area contributed by atoms with Crippen LogP contribution in [0.4, 0.5) is 0 Å². The molecule has 1 atom stereocenters. The van der Waals surface area contributed by atoms with Crippen LogP contribution in [0, 0.1) is 0 Å². The van der Waals surface area contributed by atoms with Crippen LogP contribution in [0.25, 0.3) is 0 Å². The van der Waals surface area contributed by atoms with Gasteiger partial charge in [-0.05, 0) is 56.3 Å². The standard InChI is InChI=1S/C17H20ClNO/c1-12(2)20-16-6-4-5-14(11-16)17(19-3)13-7-9-15(18)10-8-13/h4-12,17,19H,1-3H3. The Morgan fingerprint density at radius 1 is 1.00 bits per heavy atom. The SMILES string of the molecule is CNC(c1ccc(Cl)cc1)c1cccc(OC(C)C)c1. The second kappa shape index (κ2) is 6.78. The van der Waals surface area contributed by atoms with E-state index in [0.717, 1.165) is 10.8 Å². The molecule has 0 radical (unpaired) electrons. The summed E-state index contributed by atoms with van der Waals surface area (Å²) in [7, 11) is 1.95. The first kappa shape index (κ1) is 14.9. The van der Waals surface area contributed by atoms with E-state index in [9.17, 15) is 0 Å². The smallest absolute Gasteiger partial charge is 0.120 e. The Bertz CT molecular complexity index is 551. The molecule has 0 aliphatic rings. The second-order valence-corrected chi connectivity index (χ2v) is 5.45. The van der Waals surface area contributed by atoms with Crippen molar-refractivity contribution in [3.05, 3.63) is 64.7 Å². The maximum absolute atomic E-state index is 5.95. The molecule has 106 valence electrons. The van der Waals surface area contributed by atoms with E-state index in [1.165, 1.54) is 11.1 Å². The molecule has 2 aromatic rings. The number of hydrogen-bond acceptors (Lipinski definition) is 2. The number of nitrogens with one attached hydrogen (secondary N) is 1. The summed E-state index contributed by atoms with van der Waals surface area (Å²) in [5.41, 5.74) is 2.35. The lowest BCUT2D eigenvalue weighted by Gasteiger charge is -2.19. The molecule has 0 saturated heterocycles. The van der Waals surface area contributed by atoms with E-state index in [-0.39, 0.29) is 12.1 Å². The van der Waals surface area contributed by atoms with Crippen molar-refractivity contribution in [3.63, 3.8) is 0 Å². The molecule has 0 bridgehead atoms. The van der Waals surface area contributed by atoms with Crippen LogP contribution in [0.15, 0.2) is 48.5 Å². The topological polar surface area (TPSA) is 21.3 Å². The lowest BCUT2D eigenvalue weighted by Crippen LogP contribution is -2.17. The molecule has 0 fully saturated rings. The lowest BCUT2D eigenvalue weighted by atomic mass is 9.99. The summed E-state index contributed by atoms with van der Waals surface area (Å²) in [5, 5.41) is 4.09. The first-order valence-corrected chi connectivity index (χ1v) is 7.17. The van der Waals surface area contributed by atoms with E-state index >= 15 is 0 Å². The van der Waals surface area contributed by atoms with Crippen LogP contribution in [-0.4, -0.2) is 13.2 Å². The molecule has 0 heterocycles. The molecule has 2 rings (SSSR count). The van der Waals surface area contributed by atoms with Crippen molar-refractivity contribution in [2.75, 3.05) is 7.05 Å². The quantitative estimate of drug-likeness (QED) is 0.879. The fraction of sp³-hybridized carbons (Fsp3) is 0.294. The van der Waals surface area contributed by atoms with Gasteiger partial charge in [-0.2, -0.15) is 0 Å². The third-order valence-electron chi connectivity index (χ3n) is 3.06. The molecule has 0 aliphatic heterocycles. The third-order valence-corrected chi connectivity index (χ3v) is 3.31. The fourth-order valence-electron chi connectivity index (χ4n) is 2.22. The summed E-state index contributed by atoms with van der Waals surface area (Å²) in [6, 6.07) is 16.2. The average Bonchev–Trinajstić information content (AvgIpc) is 2.41. The monoisotopic (exact) mass is 289 g/mol. The summed E-state index contributed by atoms with van der Waals surface area (Å²) in [5.74, 6) is 0.895. The zero-order valence-corrected chi connectivity index (χ0v) is 12.8. The maximum Gasteiger partial charge on any atom is 0.120 e. The summed E-state index contributed by atoms with van der Waals surface area (Å²) >= 11 is 5.95. The van der Waals surface area contributed by atoms with Gasteiger partial charge in [-0.1, -0.05) is 35.9 Å². The Labute approximate surface area is 125 Å². The third kappa shape index (κ3) is 3.75. The minimum atomic E-state index is 0.128. The fourth-order valence-corrected chi connectivity index (χ4v) is 2.35. The van der Waals surface area contributed by atoms with Crippen molar-refractivity contribution in [1.82, 2.24) is 5.32 Å². The number of benzene rings is 2. The van der Waals surface area contributed by atoms with Gasteiger partial charge in [-0.15, -0.1) is 0 Å². The van der Waals surface area contributed by atoms with E-state index in [1.807, 2.05) is 57.3 Å². The number of rotatable bonds is 5. The molecule has 1 unspecified atom stereocenters. The number of ether oxygens (including phenoxy) is 1. The zero-order valence-electron chi connectivity index (χ0n) is 12.1. The average molecular weight is 290 g/mol. The van der Waals surface area contributed by atoms with Crippen LogP contribution in [0.3, 0.4) is 0 Å². The summed E-state index contributed by atoms with van der Waals surface area (Å²) in [6.45, 7) is 4.06. The van der Waals surface area contributed by atoms with E-state index < -0.39 is 0 Å². The van der Waals surface area contributed by atoms with E-state index in [1.54, 1.807) is 0 Å². The molecular weight excluding hydrogens is 270 g/mol. The van der Waals surface area contributed by atoms with Crippen molar-refractivity contribution in [3.8, 4) is 5.75 Å². The highest BCUT2D eigenvalue weighted by molar-refractivity contribution is 6.30. The summed E-state index contributed by atoms with van der Waals surface area (Å²) in [6.07, 6.45) is 0.175. The van der Waals surface area contributed by atoms with Crippen molar-refractivity contribution in [2.45, 2.75) is 26.0 Å². The second-order valence-electron chi connectivity index (χ2n) is 5.01. The van der Waals surface area contributed by atoms with E-state index in [4.69, 9.17) is 16.3 Å². The summed E-state index contributed by atoms with van der Waals surface area (Å²) < 4.78 is 5.76. The van der Waals surface area contributed by atoms with Crippen molar-refractivity contribution in [2.24, 2.45) is 0 Å². The molecule has 0 aliphatic carbocycles. The van der Waals surface area contributed by atoms with Gasteiger partial charge < -0.3 is 10.1 Å². The van der Waals surface area contributed by atoms with Crippen molar-refractivity contribution < 1.29 is 4.74 Å². The normalized spacial score (nSPS) is 12.4. The predicted molar refractivity (Wildman–Crippen MR) is 84.6 cm³/mol. The molecule has 2 aromatic carbocycles. The maximum atomic E-state index is 5.95. The molecule has 0 aromatic heterocycles. The van der Waals surface area contributed by atoms with Gasteiger partial charge >= 0.3 is 0 Å². The first-order chi connectivity index (χ1) is 9.60. The van der Waals surface area contributed by atoms with E-state index in [0.29, 0.717) is 0 Å². The molecule has 0 amide bonds. The molecule has 0 spiro atoms. The largest absolute Gasteiger partial charge is 0.491 e. The Balaban J connectivity index is 2.29. The van der Waals surface area contributed by atoms with Gasteiger partial charge in [0.25, 0.3) is 0 Å². The van der Waals surface area contributed by atoms with Crippen molar-refractivity contribution in [1.29, 1.82) is 0 Å². The molecule has 1 N–H and O–H groups in total. The van der Waals surface area contributed by atoms with Crippen LogP contribution in [0.5, 0.6) is 5.75 Å². The highest BCUT2D eigenvalue weighted by Crippen LogP contribution is 2.26. The zero-order chi connectivity index (χ0) is 14.5. The minimum Gasteiger partial charge on any atom is -0.491 e. The molecule has 2 nitrogen and oxygen atoms in total. The lowest BCUT2D eigenvalue weighted by molar-refractivity contribution is 0.242. The Morgan fingerprint density at radius 2 is 1.70 bits per heavy atom. The van der Waals surface area contributed by atoms with Gasteiger partial charge in [0, 0.05) is 5.02 Å². The van der Waals surface area contributed by atoms with Crippen LogP contribution >= 0.6 is 11.6 Å². The summed E-state index contributed by atoms with van der Waals surface area (Å²) in [4.78, 5) is 0. The molecular formula is C17H20ClNO. The first-order valence-electron chi connectivity index (χ1n) is 6.79. The van der Waals surface area contributed by atoms with Gasteiger partial charge in [-0.25, -0.2) is 0 Å². The van der Waals surface area contributed by atoms with Gasteiger partial charge in [0.2, 0.25) is 0 Å². The number of hydrogen-bond donors (Lipinski definition) is 1. The molecule has 20 heavy (non-hydrogen) atoms. The molecule has 0 saturated carbocycles. The number of halogens is 1. The highest BCUT2D eigenvalue weighted by Gasteiger charge is 2.12. The van der Waals surface area contributed by atoms with Crippen LogP contribution in [0.1, 0.15) is 31.0 Å². The van der Waals surface area contributed by atoms with Crippen molar-refractivity contribution >= 4 is 11.6 Å².